The average Bonchev–Trinajstić information content (AvgIpc) is 3.12. The number of alkyl halides is 3. The van der Waals surface area contributed by atoms with Crippen LogP contribution in [-0.4, -0.2) is 51.3 Å². The minimum absolute atomic E-state index is 0.00925. The average molecular weight is 563 g/mol. The fourth-order valence-corrected chi connectivity index (χ4v) is 5.79. The van der Waals surface area contributed by atoms with E-state index in [0.29, 0.717) is 12.3 Å². The van der Waals surface area contributed by atoms with Gasteiger partial charge in [-0.25, -0.2) is 17.6 Å². The fraction of sp³-hybridized carbons (Fsp3) is 0.333. The third-order valence-corrected chi connectivity index (χ3v) is 7.89. The Kier molecular flexibility index (Phi) is 7.30. The molecule has 2 N–H and O–H groups in total. The number of carbonyl (C=O) groups excluding carboxylic acids is 2. The molecule has 7 nitrogen and oxygen atoms in total. The Balaban J connectivity index is 1.40. The number of hydrogen-bond donors (Lipinski definition) is 2. The van der Waals surface area contributed by atoms with Crippen molar-refractivity contribution in [3.05, 3.63) is 89.5 Å². The molecule has 0 saturated heterocycles. The van der Waals surface area contributed by atoms with Crippen molar-refractivity contribution in [2.45, 2.75) is 36.3 Å². The summed E-state index contributed by atoms with van der Waals surface area (Å²) in [4.78, 5) is 34.9. The quantitative estimate of drug-likeness (QED) is 0.349. The number of rotatable bonds is 6. The monoisotopic (exact) mass is 562 g/mol. The molecule has 39 heavy (non-hydrogen) atoms. The topological polar surface area (TPSA) is 95.4 Å². The van der Waals surface area contributed by atoms with Crippen molar-refractivity contribution >= 4 is 29.1 Å². The normalized spacial score (nSPS) is 26.5. The largest absolute Gasteiger partial charge is 0.370 e. The van der Waals surface area contributed by atoms with Gasteiger partial charge in [-0.3, -0.25) is 19.6 Å². The van der Waals surface area contributed by atoms with Gasteiger partial charge >= 0.3 is 0 Å². The summed E-state index contributed by atoms with van der Waals surface area (Å²) in [7, 11) is 0. The lowest BCUT2D eigenvalue weighted by atomic mass is 9.77. The van der Waals surface area contributed by atoms with Crippen LogP contribution in [0.5, 0.6) is 0 Å². The van der Waals surface area contributed by atoms with Gasteiger partial charge in [-0.2, -0.15) is 0 Å². The van der Waals surface area contributed by atoms with Crippen molar-refractivity contribution in [3.8, 4) is 0 Å². The van der Waals surface area contributed by atoms with Gasteiger partial charge in [0.05, 0.1) is 17.4 Å². The zero-order valence-corrected chi connectivity index (χ0v) is 21.0. The van der Waals surface area contributed by atoms with E-state index < -0.39 is 64.4 Å². The van der Waals surface area contributed by atoms with Gasteiger partial charge in [0.25, 0.3) is 11.8 Å². The Hall–Kier alpha value is -3.57. The van der Waals surface area contributed by atoms with Crippen molar-refractivity contribution in [2.24, 2.45) is 11.8 Å². The minimum atomic E-state index is -2.79. The van der Waals surface area contributed by atoms with Gasteiger partial charge in [-0.15, -0.1) is 11.6 Å². The summed E-state index contributed by atoms with van der Waals surface area (Å²) < 4.78 is 56.5. The van der Waals surface area contributed by atoms with Crippen molar-refractivity contribution in [2.75, 3.05) is 11.4 Å². The Bertz CT molecular complexity index is 1400. The zero-order valence-electron chi connectivity index (χ0n) is 20.3. The van der Waals surface area contributed by atoms with E-state index in [4.69, 9.17) is 11.6 Å². The smallest absolute Gasteiger partial charge is 0.270 e. The first-order valence-electron chi connectivity index (χ1n) is 12.2. The zero-order chi connectivity index (χ0) is 27.9. The summed E-state index contributed by atoms with van der Waals surface area (Å²) in [5, 5.41) is 13.4. The van der Waals surface area contributed by atoms with Crippen molar-refractivity contribution in [1.82, 2.24) is 15.3 Å². The molecule has 1 saturated carbocycles. The number of amides is 2. The van der Waals surface area contributed by atoms with Gasteiger partial charge in [-0.1, -0.05) is 18.2 Å². The third-order valence-electron chi connectivity index (χ3n) is 7.35. The lowest BCUT2D eigenvalue weighted by molar-refractivity contribution is -0.132. The molecule has 5 rings (SSSR count). The molecule has 1 aliphatic carbocycles. The number of aromatic nitrogens is 2. The molecule has 0 unspecified atom stereocenters. The Morgan fingerprint density at radius 3 is 2.64 bits per heavy atom. The molecule has 0 bridgehead atoms. The molecule has 2 aromatic heterocycles. The Morgan fingerprint density at radius 2 is 1.95 bits per heavy atom. The number of fused-ring (bicyclic) bond motifs is 1. The highest BCUT2D eigenvalue weighted by atomic mass is 35.5. The summed E-state index contributed by atoms with van der Waals surface area (Å²) in [6.45, 7) is -0.151. The van der Waals surface area contributed by atoms with Gasteiger partial charge in [-0.05, 0) is 37.0 Å². The molecule has 204 valence electrons. The fourth-order valence-electron chi connectivity index (χ4n) is 5.41. The van der Waals surface area contributed by atoms with Crippen LogP contribution in [-0.2, 0) is 10.4 Å². The summed E-state index contributed by atoms with van der Waals surface area (Å²) in [6.07, 6.45) is 0.599. The molecule has 1 fully saturated rings. The van der Waals surface area contributed by atoms with Crippen LogP contribution in [0.2, 0.25) is 0 Å². The third kappa shape index (κ3) is 4.85. The van der Waals surface area contributed by atoms with Crippen LogP contribution in [0.3, 0.4) is 0 Å². The maximum absolute atomic E-state index is 14.7. The SMILES string of the molecule is O=C(N[C@@H]1C[C@@H](Cl)[C@@H](CN2C(=O)[C@](O)(c3ncc(F)cc3F)c3ccccc32)C[C@H]1C(F)F)c1cccnc1. The molecular weight excluding hydrogens is 540 g/mol. The lowest BCUT2D eigenvalue weighted by Gasteiger charge is -2.40. The second-order valence-corrected chi connectivity index (χ2v) is 10.3. The summed E-state index contributed by atoms with van der Waals surface area (Å²) >= 11 is 6.64. The number of benzene rings is 1. The van der Waals surface area contributed by atoms with Gasteiger partial charge in [0.1, 0.15) is 11.5 Å². The Morgan fingerprint density at radius 1 is 1.18 bits per heavy atom. The molecule has 3 aromatic rings. The van der Waals surface area contributed by atoms with Gasteiger partial charge in [0.2, 0.25) is 12.0 Å². The number of nitrogens with one attached hydrogen (secondary N) is 1. The molecule has 0 spiro atoms. The van der Waals surface area contributed by atoms with E-state index in [-0.39, 0.29) is 36.2 Å². The molecule has 2 amide bonds. The number of anilines is 1. The van der Waals surface area contributed by atoms with E-state index in [2.05, 4.69) is 15.3 Å². The first kappa shape index (κ1) is 27.0. The standard InChI is InChI=1S/C27H23ClF4N4O3/c28-19-10-21(35-25(37)14-4-3-7-33-11-14)17(24(31)32)8-15(19)13-36-22-6-2-1-5-18(22)27(39,26(36)38)23-20(30)9-16(29)12-34-23/h1-7,9,11-12,15,17,19,21,24,39H,8,10,13H2,(H,35,37)/t15-,17-,19-,21-,27-/m1/s1. The summed E-state index contributed by atoms with van der Waals surface area (Å²) in [5.41, 5.74) is -2.73. The van der Waals surface area contributed by atoms with E-state index in [9.17, 15) is 32.3 Å². The molecule has 3 heterocycles. The second-order valence-electron chi connectivity index (χ2n) is 9.69. The molecule has 5 atom stereocenters. The van der Waals surface area contributed by atoms with Gasteiger partial charge in [0, 0.05) is 47.9 Å². The van der Waals surface area contributed by atoms with Crippen molar-refractivity contribution in [1.29, 1.82) is 0 Å². The second kappa shape index (κ2) is 10.5. The molecule has 1 aromatic carbocycles. The lowest BCUT2D eigenvalue weighted by Crippen LogP contribution is -2.52. The Labute approximate surface area is 225 Å². The predicted molar refractivity (Wildman–Crippen MR) is 133 cm³/mol. The number of pyridine rings is 2. The van der Waals surface area contributed by atoms with Crippen LogP contribution >= 0.6 is 11.6 Å². The van der Waals surface area contributed by atoms with E-state index in [1.165, 1.54) is 41.6 Å². The highest BCUT2D eigenvalue weighted by Gasteiger charge is 2.54. The number of halogens is 5. The summed E-state index contributed by atoms with van der Waals surface area (Å²) in [5.74, 6) is -5.60. The van der Waals surface area contributed by atoms with Crippen LogP contribution in [0.25, 0.3) is 0 Å². The van der Waals surface area contributed by atoms with Crippen LogP contribution in [0.1, 0.15) is 34.5 Å². The van der Waals surface area contributed by atoms with Crippen LogP contribution in [0.15, 0.2) is 61.1 Å². The van der Waals surface area contributed by atoms with Gasteiger partial charge in [0.15, 0.2) is 5.82 Å². The number of aliphatic hydroxyl groups is 1. The number of nitrogens with zero attached hydrogens (tertiary/aromatic N) is 3. The van der Waals surface area contributed by atoms with Crippen molar-refractivity contribution < 1.29 is 32.3 Å². The number of para-hydroxylation sites is 1. The molecular formula is C27H23ClF4N4O3. The van der Waals surface area contributed by atoms with Crippen molar-refractivity contribution in [3.63, 3.8) is 0 Å². The molecule has 2 aliphatic rings. The maximum atomic E-state index is 14.7. The highest BCUT2D eigenvalue weighted by Crippen LogP contribution is 2.46. The first-order chi connectivity index (χ1) is 18.6. The maximum Gasteiger partial charge on any atom is 0.270 e. The number of hydrogen-bond acceptors (Lipinski definition) is 5. The first-order valence-corrected chi connectivity index (χ1v) is 12.6. The highest BCUT2D eigenvalue weighted by molar-refractivity contribution is 6.21. The van der Waals surface area contributed by atoms with E-state index in [1.54, 1.807) is 12.1 Å². The van der Waals surface area contributed by atoms with Crippen LogP contribution < -0.4 is 10.2 Å². The summed E-state index contributed by atoms with van der Waals surface area (Å²) in [6, 6.07) is 8.75. The van der Waals surface area contributed by atoms with Crippen LogP contribution in [0.4, 0.5) is 23.2 Å². The van der Waals surface area contributed by atoms with Gasteiger partial charge < -0.3 is 15.3 Å². The van der Waals surface area contributed by atoms with E-state index in [0.717, 1.165) is 0 Å². The predicted octanol–water partition coefficient (Wildman–Crippen LogP) is 4.03. The van der Waals surface area contributed by atoms with E-state index in [1.807, 2.05) is 0 Å². The molecule has 0 radical (unpaired) electrons. The van der Waals surface area contributed by atoms with Crippen LogP contribution in [0, 0.1) is 23.5 Å². The molecule has 1 aliphatic heterocycles. The minimum Gasteiger partial charge on any atom is -0.370 e. The molecule has 12 heteroatoms. The van der Waals surface area contributed by atoms with E-state index >= 15 is 0 Å². The number of carbonyl (C=O) groups is 2.